The molecule has 7 nitrogen and oxygen atoms in total. The quantitative estimate of drug-likeness (QED) is 0.472. The van der Waals surface area contributed by atoms with Gasteiger partial charge in [-0.1, -0.05) is 47.6 Å². The van der Waals surface area contributed by atoms with Gasteiger partial charge in [0, 0.05) is 22.8 Å². The second-order valence-corrected chi connectivity index (χ2v) is 9.08. The van der Waals surface area contributed by atoms with Crippen molar-refractivity contribution in [3.05, 3.63) is 46.5 Å². The average Bonchev–Trinajstić information content (AvgIpc) is 2.69. The Kier molecular flexibility index (Phi) is 11.4. The van der Waals surface area contributed by atoms with Crippen LogP contribution in [-0.2, 0) is 39.5 Å². The molecule has 7 heteroatoms. The molecule has 0 saturated carbocycles. The first-order valence-corrected chi connectivity index (χ1v) is 10.0. The minimum atomic E-state index is -0.436. The van der Waals surface area contributed by atoms with E-state index in [9.17, 15) is 9.59 Å². The highest BCUT2D eigenvalue weighted by atomic mass is 16.5. The summed E-state index contributed by atoms with van der Waals surface area (Å²) in [5.74, 6) is -0.141. The first-order valence-electron chi connectivity index (χ1n) is 10.0. The highest BCUT2D eigenvalue weighted by Gasteiger charge is 2.26. The van der Waals surface area contributed by atoms with E-state index in [-0.39, 0.29) is 29.6 Å². The van der Waals surface area contributed by atoms with Crippen LogP contribution >= 0.6 is 0 Å². The van der Waals surface area contributed by atoms with Crippen molar-refractivity contribution in [3.8, 4) is 5.75 Å². The molecular weight excluding hydrogens is 412 g/mol. The van der Waals surface area contributed by atoms with Gasteiger partial charge in [-0.2, -0.15) is 9.59 Å². The fourth-order valence-corrected chi connectivity index (χ4v) is 2.71. The lowest BCUT2D eigenvalue weighted by Gasteiger charge is -2.29. The summed E-state index contributed by atoms with van der Waals surface area (Å²) in [6.07, 6.45) is 4.97. The molecule has 1 rings (SSSR count). The van der Waals surface area contributed by atoms with Crippen molar-refractivity contribution in [2.45, 2.75) is 59.3 Å². The molecule has 0 heterocycles. The number of rotatable bonds is 6. The number of ether oxygens (including phenoxy) is 3. The van der Waals surface area contributed by atoms with E-state index in [4.69, 9.17) is 19.1 Å². The van der Waals surface area contributed by atoms with Crippen molar-refractivity contribution in [2.75, 3.05) is 20.8 Å². The van der Waals surface area contributed by atoms with E-state index < -0.39 is 5.97 Å². The first-order chi connectivity index (χ1) is 14.7. The molecule has 1 aromatic rings. The van der Waals surface area contributed by atoms with E-state index in [1.807, 2.05) is 6.07 Å². The summed E-state index contributed by atoms with van der Waals surface area (Å²) in [5.41, 5.74) is 3.18. The number of hydrogen-bond acceptors (Lipinski definition) is 7. The van der Waals surface area contributed by atoms with Gasteiger partial charge < -0.3 is 14.2 Å². The zero-order chi connectivity index (χ0) is 25.1. The molecule has 0 radical (unpaired) electrons. The van der Waals surface area contributed by atoms with Gasteiger partial charge >= 0.3 is 18.1 Å². The van der Waals surface area contributed by atoms with Crippen molar-refractivity contribution in [2.24, 2.45) is 0 Å². The lowest BCUT2D eigenvalue weighted by atomic mass is 9.78. The van der Waals surface area contributed by atoms with E-state index in [1.165, 1.54) is 20.3 Å². The Morgan fingerprint density at radius 3 is 1.97 bits per heavy atom. The van der Waals surface area contributed by atoms with Gasteiger partial charge in [-0.15, -0.1) is 0 Å². The summed E-state index contributed by atoms with van der Waals surface area (Å²) in [5, 5.41) is 0. The zero-order valence-electron chi connectivity index (χ0n) is 20.5. The van der Waals surface area contributed by atoms with Gasteiger partial charge in [0.1, 0.15) is 12.4 Å². The summed E-state index contributed by atoms with van der Waals surface area (Å²) >= 11 is 0. The van der Waals surface area contributed by atoms with Crippen LogP contribution in [0, 0.1) is 0 Å². The van der Waals surface area contributed by atoms with Crippen LogP contribution in [0.2, 0.25) is 0 Å². The predicted molar refractivity (Wildman–Crippen MR) is 121 cm³/mol. The Hall–Kier alpha value is -3.18. The van der Waals surface area contributed by atoms with Gasteiger partial charge in [-0.3, -0.25) is 0 Å². The number of hydrogen-bond donors (Lipinski definition) is 0. The summed E-state index contributed by atoms with van der Waals surface area (Å²) < 4.78 is 15.5. The van der Waals surface area contributed by atoms with E-state index in [0.717, 1.165) is 16.7 Å². The second kappa shape index (κ2) is 12.6. The van der Waals surface area contributed by atoms with Gasteiger partial charge in [0.2, 0.25) is 0 Å². The van der Waals surface area contributed by atoms with Crippen LogP contribution in [0.25, 0.3) is 6.08 Å². The average molecular weight is 447 g/mol. The molecule has 0 aliphatic heterocycles. The SMILES string of the molecule is COC(=O)/C=C/COc1c(/C=C(\C)C(=O)OC)cc(C(C)(C)C)cc1C(C)(C)C.O=C=O. The third kappa shape index (κ3) is 9.31. The Morgan fingerprint density at radius 2 is 1.53 bits per heavy atom. The molecule has 0 spiro atoms. The minimum absolute atomic E-state index is 0.0783. The van der Waals surface area contributed by atoms with Gasteiger partial charge in [-0.05, 0) is 41.5 Å². The molecule has 0 atom stereocenters. The predicted octanol–water partition coefficient (Wildman–Crippen LogP) is 4.38. The number of carbonyl (C=O) groups is 2. The second-order valence-electron chi connectivity index (χ2n) is 9.08. The Balaban J connectivity index is 0.00000302. The Bertz CT molecular complexity index is 888. The van der Waals surface area contributed by atoms with Crippen LogP contribution in [0.1, 0.15) is 65.2 Å². The van der Waals surface area contributed by atoms with Crippen molar-refractivity contribution in [1.29, 1.82) is 0 Å². The van der Waals surface area contributed by atoms with E-state index in [0.29, 0.717) is 11.3 Å². The molecule has 1 aromatic carbocycles. The van der Waals surface area contributed by atoms with E-state index >= 15 is 0 Å². The molecule has 32 heavy (non-hydrogen) atoms. The van der Waals surface area contributed by atoms with Crippen LogP contribution in [0.3, 0.4) is 0 Å². The normalized spacial score (nSPS) is 11.8. The maximum atomic E-state index is 12.0. The molecule has 0 N–H and O–H groups in total. The fourth-order valence-electron chi connectivity index (χ4n) is 2.71. The van der Waals surface area contributed by atoms with Crippen molar-refractivity contribution in [1.82, 2.24) is 0 Å². The van der Waals surface area contributed by atoms with Crippen molar-refractivity contribution < 1.29 is 33.4 Å². The standard InChI is InChI=1S/C24H34O5.CO2/c1-16(22(26)28-9)13-17-14-18(23(2,3)4)15-19(24(5,6)7)21(17)29-12-10-11-20(25)27-8;2-1-3/h10-11,13-15H,12H2,1-9H3;/b11-10+,16-13+;. The molecule has 0 bridgehead atoms. The smallest absolute Gasteiger partial charge is 0.373 e. The lowest BCUT2D eigenvalue weighted by Crippen LogP contribution is -2.19. The van der Waals surface area contributed by atoms with Crippen molar-refractivity contribution >= 4 is 24.2 Å². The van der Waals surface area contributed by atoms with Crippen LogP contribution in [0.4, 0.5) is 0 Å². The molecule has 0 aliphatic rings. The first kappa shape index (κ1) is 28.8. The van der Waals surface area contributed by atoms with Gasteiger partial charge in [0.25, 0.3) is 0 Å². The molecule has 176 valence electrons. The van der Waals surface area contributed by atoms with Gasteiger partial charge in [-0.25, -0.2) is 9.59 Å². The molecule has 0 aliphatic carbocycles. The number of carbonyl (C=O) groups excluding carboxylic acids is 4. The van der Waals surface area contributed by atoms with Crippen molar-refractivity contribution in [3.63, 3.8) is 0 Å². The summed E-state index contributed by atoms with van der Waals surface area (Å²) in [4.78, 5) is 39.5. The maximum Gasteiger partial charge on any atom is 0.373 e. The highest BCUT2D eigenvalue weighted by Crippen LogP contribution is 2.39. The molecule has 0 amide bonds. The van der Waals surface area contributed by atoms with Gasteiger partial charge in [0.05, 0.1) is 14.2 Å². The van der Waals surface area contributed by atoms with E-state index in [1.54, 1.807) is 19.1 Å². The lowest BCUT2D eigenvalue weighted by molar-refractivity contribution is -0.191. The largest absolute Gasteiger partial charge is 0.489 e. The third-order valence-electron chi connectivity index (χ3n) is 4.45. The molecule has 0 unspecified atom stereocenters. The number of methoxy groups -OCH3 is 2. The topological polar surface area (TPSA) is 96.0 Å². The fraction of sp³-hybridized carbons (Fsp3) is 0.480. The number of benzene rings is 1. The van der Waals surface area contributed by atoms with Crippen LogP contribution in [0.15, 0.2) is 29.9 Å². The highest BCUT2D eigenvalue weighted by molar-refractivity contribution is 5.93. The Labute approximate surface area is 190 Å². The molecule has 0 aromatic heterocycles. The monoisotopic (exact) mass is 446 g/mol. The summed E-state index contributed by atoms with van der Waals surface area (Å²) in [7, 11) is 2.69. The summed E-state index contributed by atoms with van der Waals surface area (Å²) in [6.45, 7) is 14.7. The molecule has 0 fully saturated rings. The number of esters is 2. The third-order valence-corrected chi connectivity index (χ3v) is 4.45. The van der Waals surface area contributed by atoms with Crippen LogP contribution < -0.4 is 4.74 Å². The Morgan fingerprint density at radius 1 is 0.969 bits per heavy atom. The maximum absolute atomic E-state index is 12.0. The molecule has 0 saturated heterocycles. The van der Waals surface area contributed by atoms with Crippen LogP contribution in [-0.4, -0.2) is 38.9 Å². The van der Waals surface area contributed by atoms with E-state index in [2.05, 4.69) is 52.3 Å². The van der Waals surface area contributed by atoms with Gasteiger partial charge in [0.15, 0.2) is 0 Å². The summed E-state index contributed by atoms with van der Waals surface area (Å²) in [6, 6.07) is 4.20. The zero-order valence-corrected chi connectivity index (χ0v) is 20.5. The molecular formula is C25H34O7. The van der Waals surface area contributed by atoms with Crippen LogP contribution in [0.5, 0.6) is 5.75 Å². The minimum Gasteiger partial charge on any atom is -0.489 e.